The molecule has 0 spiro atoms. The normalized spacial score (nSPS) is 11.5. The van der Waals surface area contributed by atoms with Crippen molar-refractivity contribution in [3.8, 4) is 34.7 Å². The number of aromatic nitrogens is 2. The molecule has 0 radical (unpaired) electrons. The molecule has 0 fully saturated rings. The van der Waals surface area contributed by atoms with E-state index in [9.17, 15) is 39.5 Å². The van der Waals surface area contributed by atoms with Crippen molar-refractivity contribution >= 4 is 0 Å². The Balaban J connectivity index is 1.50. The maximum Gasteiger partial charge on any atom is 0.573 e. The smallest absolute Gasteiger partial charge is 0.429 e. The van der Waals surface area contributed by atoms with Crippen molar-refractivity contribution in [2.75, 3.05) is 0 Å². The van der Waals surface area contributed by atoms with E-state index in [1.165, 1.54) is 12.1 Å². The molecule has 4 aromatic rings. The van der Waals surface area contributed by atoms with Crippen LogP contribution in [0.25, 0.3) is 11.4 Å². The van der Waals surface area contributed by atoms with Crippen LogP contribution in [0.4, 0.5) is 39.5 Å². The molecule has 0 amide bonds. The minimum absolute atomic E-state index is 0.287. The summed E-state index contributed by atoms with van der Waals surface area (Å²) in [5.74, 6) is -4.91. The molecule has 0 unspecified atom stereocenters. The Kier molecular flexibility index (Phi) is 8.99. The Hall–Kier alpha value is -4.99. The summed E-state index contributed by atoms with van der Waals surface area (Å²) in [6.07, 6.45) is -3.02. The highest BCUT2D eigenvalue weighted by Gasteiger charge is 2.35. The fraction of sp³-hybridized carbons (Fsp3) is 0.133. The summed E-state index contributed by atoms with van der Waals surface area (Å²) < 4.78 is 131. The lowest BCUT2D eigenvalue weighted by atomic mass is 10.1. The molecule has 0 saturated heterocycles. The first-order valence-corrected chi connectivity index (χ1v) is 12.1. The van der Waals surface area contributed by atoms with Gasteiger partial charge in [-0.2, -0.15) is 8.78 Å². The predicted molar refractivity (Wildman–Crippen MR) is 136 cm³/mol. The number of halogens is 9. The van der Waals surface area contributed by atoms with Crippen molar-refractivity contribution in [2.24, 2.45) is 0 Å². The molecule has 0 aliphatic carbocycles. The first-order valence-electron chi connectivity index (χ1n) is 12.1. The number of ether oxygens (including phenoxy) is 2. The van der Waals surface area contributed by atoms with Crippen molar-refractivity contribution < 1.29 is 49.0 Å². The maximum atomic E-state index is 14.8. The van der Waals surface area contributed by atoms with E-state index in [0.29, 0.717) is 36.2 Å². The second-order valence-corrected chi connectivity index (χ2v) is 8.77. The first kappa shape index (κ1) is 31.0. The number of benzene rings is 3. The SMILES string of the molecule is C=CCCc1cnc(-c2ccc(C(F)(F)Oc3cc(F)c(C#Cc4cc(F)c(OC(F)(F)F)c(F)c4)c(F)c3)cc2)nc1. The van der Waals surface area contributed by atoms with Crippen LogP contribution in [0.5, 0.6) is 11.5 Å². The molecule has 0 bridgehead atoms. The number of hydrogen-bond donors (Lipinski definition) is 0. The van der Waals surface area contributed by atoms with Gasteiger partial charge in [-0.15, -0.1) is 19.8 Å². The molecule has 13 heteroatoms. The summed E-state index contributed by atoms with van der Waals surface area (Å²) in [7, 11) is 0. The van der Waals surface area contributed by atoms with Gasteiger partial charge in [0.1, 0.15) is 17.4 Å². The number of allylic oxidation sites excluding steroid dienone is 1. The fourth-order valence-electron chi connectivity index (χ4n) is 3.63. The van der Waals surface area contributed by atoms with Crippen molar-refractivity contribution in [3.05, 3.63) is 119 Å². The maximum absolute atomic E-state index is 14.8. The fourth-order valence-corrected chi connectivity index (χ4v) is 3.63. The van der Waals surface area contributed by atoms with Crippen molar-refractivity contribution in [1.82, 2.24) is 9.97 Å². The zero-order valence-electron chi connectivity index (χ0n) is 21.6. The minimum atomic E-state index is -5.38. The number of hydrogen-bond acceptors (Lipinski definition) is 4. The van der Waals surface area contributed by atoms with Gasteiger partial charge in [0.25, 0.3) is 0 Å². The second kappa shape index (κ2) is 12.5. The highest BCUT2D eigenvalue weighted by Crippen LogP contribution is 2.34. The highest BCUT2D eigenvalue weighted by molar-refractivity contribution is 5.55. The topological polar surface area (TPSA) is 44.2 Å². The molecule has 4 nitrogen and oxygen atoms in total. The van der Waals surface area contributed by atoms with Crippen molar-refractivity contribution in [1.29, 1.82) is 0 Å². The Morgan fingerprint density at radius 1 is 0.767 bits per heavy atom. The third-order valence-corrected chi connectivity index (χ3v) is 5.63. The van der Waals surface area contributed by atoms with Crippen molar-refractivity contribution in [2.45, 2.75) is 25.3 Å². The highest BCUT2D eigenvalue weighted by atomic mass is 19.4. The van der Waals surface area contributed by atoms with Crippen LogP contribution in [-0.4, -0.2) is 16.3 Å². The lowest BCUT2D eigenvalue weighted by molar-refractivity contribution is -0.276. The molecule has 1 heterocycles. The number of alkyl halides is 5. The van der Waals surface area contributed by atoms with Gasteiger partial charge >= 0.3 is 12.5 Å². The third-order valence-electron chi connectivity index (χ3n) is 5.63. The van der Waals surface area contributed by atoms with E-state index in [1.54, 1.807) is 18.5 Å². The summed E-state index contributed by atoms with van der Waals surface area (Å²) in [6.45, 7) is 3.64. The van der Waals surface area contributed by atoms with E-state index in [0.717, 1.165) is 24.1 Å². The number of aryl methyl sites for hydroxylation is 1. The first-order chi connectivity index (χ1) is 20.3. The lowest BCUT2D eigenvalue weighted by Crippen LogP contribution is -2.22. The van der Waals surface area contributed by atoms with Crippen LogP contribution in [0.2, 0.25) is 0 Å². The van der Waals surface area contributed by atoms with E-state index in [-0.39, 0.29) is 5.82 Å². The molecule has 0 aliphatic rings. The summed E-state index contributed by atoms with van der Waals surface area (Å²) in [4.78, 5) is 8.41. The van der Waals surface area contributed by atoms with Crippen LogP contribution >= 0.6 is 0 Å². The van der Waals surface area contributed by atoms with Gasteiger partial charge in [-0.25, -0.2) is 27.5 Å². The van der Waals surface area contributed by atoms with Crippen LogP contribution in [0.3, 0.4) is 0 Å². The van der Waals surface area contributed by atoms with Gasteiger partial charge in [0.15, 0.2) is 17.5 Å². The average Bonchev–Trinajstić information content (AvgIpc) is 2.93. The molecule has 0 saturated carbocycles. The molecular weight excluding hydrogens is 591 g/mol. The largest absolute Gasteiger partial charge is 0.573 e. The van der Waals surface area contributed by atoms with Gasteiger partial charge in [-0.05, 0) is 42.7 Å². The molecule has 43 heavy (non-hydrogen) atoms. The summed E-state index contributed by atoms with van der Waals surface area (Å²) >= 11 is 0. The zero-order valence-corrected chi connectivity index (χ0v) is 21.6. The van der Waals surface area contributed by atoms with Gasteiger partial charge in [-0.3, -0.25) is 0 Å². The summed E-state index contributed by atoms with van der Waals surface area (Å²) in [5.41, 5.74) is -0.921. The Labute approximate surface area is 238 Å². The van der Waals surface area contributed by atoms with Gasteiger partial charge in [0.05, 0.1) is 11.1 Å². The lowest BCUT2D eigenvalue weighted by Gasteiger charge is -2.19. The number of nitrogens with zero attached hydrogens (tertiary/aromatic N) is 2. The van der Waals surface area contributed by atoms with Crippen LogP contribution in [-0.2, 0) is 12.5 Å². The van der Waals surface area contributed by atoms with E-state index >= 15 is 0 Å². The van der Waals surface area contributed by atoms with Crippen LogP contribution < -0.4 is 9.47 Å². The number of rotatable bonds is 8. The van der Waals surface area contributed by atoms with E-state index in [4.69, 9.17) is 0 Å². The molecule has 1 aromatic heterocycles. The average molecular weight is 608 g/mol. The Morgan fingerprint density at radius 3 is 1.88 bits per heavy atom. The molecule has 4 rings (SSSR count). The quantitative estimate of drug-likeness (QED) is 0.115. The van der Waals surface area contributed by atoms with Gasteiger partial charge in [-0.1, -0.05) is 30.0 Å². The molecule has 0 atom stereocenters. The monoisotopic (exact) mass is 608 g/mol. The second-order valence-electron chi connectivity index (χ2n) is 8.77. The molecule has 0 N–H and O–H groups in total. The standard InChI is InChI=1S/C30H17F9N2O2/c1-2-3-4-18-15-40-28(41-16-18)19-6-8-20(9-7-19)29(35,36)42-21-13-23(31)22(24(32)14-21)10-5-17-11-25(33)27(26(34)12-17)43-30(37,38)39/h2,6-9,11-16H,1,3-4H2. The predicted octanol–water partition coefficient (Wildman–Crippen LogP) is 8.25. The van der Waals surface area contributed by atoms with Crippen LogP contribution in [0.15, 0.2) is 73.6 Å². The van der Waals surface area contributed by atoms with Gasteiger partial charge in [0, 0.05) is 35.7 Å². The van der Waals surface area contributed by atoms with Gasteiger partial charge < -0.3 is 9.47 Å². The summed E-state index contributed by atoms with van der Waals surface area (Å²) in [5, 5.41) is 0. The zero-order chi connectivity index (χ0) is 31.4. The Bertz CT molecular complexity index is 1650. The third kappa shape index (κ3) is 7.85. The van der Waals surface area contributed by atoms with E-state index in [1.807, 2.05) is 11.8 Å². The van der Waals surface area contributed by atoms with E-state index in [2.05, 4.69) is 26.0 Å². The molecule has 3 aromatic carbocycles. The van der Waals surface area contributed by atoms with Crippen molar-refractivity contribution in [3.63, 3.8) is 0 Å². The van der Waals surface area contributed by atoms with E-state index < -0.39 is 63.9 Å². The van der Waals surface area contributed by atoms with Crippen LogP contribution in [0, 0.1) is 35.1 Å². The molecule has 222 valence electrons. The summed E-state index contributed by atoms with van der Waals surface area (Å²) in [6, 6.07) is 6.22. The van der Waals surface area contributed by atoms with Gasteiger partial charge in [0.2, 0.25) is 5.75 Å². The molecular formula is C30H17F9N2O2. The van der Waals surface area contributed by atoms with Crippen LogP contribution in [0.1, 0.15) is 28.7 Å². The minimum Gasteiger partial charge on any atom is -0.429 e. The Morgan fingerprint density at radius 2 is 1.35 bits per heavy atom. The molecule has 0 aliphatic heterocycles.